The minimum atomic E-state index is -0.199. The van der Waals surface area contributed by atoms with Crippen molar-refractivity contribution in [3.63, 3.8) is 0 Å². The number of carbonyl (C=O) groups excluding carboxylic acids is 1. The normalized spacial score (nSPS) is 50.2. The number of quaternary nitrogens is 1. The van der Waals surface area contributed by atoms with Crippen molar-refractivity contribution in [3.05, 3.63) is 0 Å². The quantitative estimate of drug-likeness (QED) is 0.697. The molecule has 4 nitrogen and oxygen atoms in total. The summed E-state index contributed by atoms with van der Waals surface area (Å²) in [7, 11) is 1.48. The molecule has 166 valence electrons. The summed E-state index contributed by atoms with van der Waals surface area (Å²) in [6.45, 7) is 7.25. The van der Waals surface area contributed by atoms with Crippen LogP contribution in [0.25, 0.3) is 0 Å². The number of fused-ring (bicyclic) bond motifs is 5. The summed E-state index contributed by atoms with van der Waals surface area (Å²) >= 11 is 0. The zero-order valence-corrected chi connectivity index (χ0v) is 19.2. The predicted molar refractivity (Wildman–Crippen MR) is 114 cm³/mol. The highest BCUT2D eigenvalue weighted by Crippen LogP contribution is 2.68. The van der Waals surface area contributed by atoms with E-state index in [0.29, 0.717) is 41.5 Å². The van der Waals surface area contributed by atoms with Gasteiger partial charge in [0.1, 0.15) is 0 Å². The summed E-state index contributed by atoms with van der Waals surface area (Å²) in [6.07, 6.45) is 11.2. The van der Waals surface area contributed by atoms with Crippen molar-refractivity contribution in [2.24, 2.45) is 46.3 Å². The first-order valence-corrected chi connectivity index (χ1v) is 12.3. The van der Waals surface area contributed by atoms with E-state index in [1.54, 1.807) is 0 Å². The molecule has 4 N–H and O–H groups in total. The first-order valence-electron chi connectivity index (χ1n) is 12.3. The van der Waals surface area contributed by atoms with E-state index in [1.165, 1.54) is 52.1 Å². The number of carbonyl (C=O) groups is 1. The maximum atomic E-state index is 11.7. The molecule has 4 fully saturated rings. The Hall–Kier alpha value is -0.610. The zero-order chi connectivity index (χ0) is 21.0. The summed E-state index contributed by atoms with van der Waals surface area (Å²) in [5, 5.41) is 11.6. The van der Waals surface area contributed by atoms with Gasteiger partial charge in [-0.25, -0.2) is 0 Å². The standard InChI is InChI=1S/C25H43NO3/c1-15(5-10-23(28)29-4)19-8-9-20-18-7-6-16-13-17(26)11-12-24(16,2)21(18)14-22(27)25(19,20)3/h15-22,27H,5-14,26H2,1-4H3/p+1/t15?,16?,17?,18?,19-,20?,21?,22?,24+,25-/m1/s1. The molecule has 0 aromatic carbocycles. The molecule has 0 amide bonds. The second-order valence-electron chi connectivity index (χ2n) is 11.7. The number of hydrogen-bond donors (Lipinski definition) is 2. The van der Waals surface area contributed by atoms with Gasteiger partial charge in [0.2, 0.25) is 0 Å². The van der Waals surface area contributed by atoms with Crippen molar-refractivity contribution in [2.45, 2.75) is 97.1 Å². The number of ether oxygens (including phenoxy) is 1. The molecule has 4 aliphatic rings. The Kier molecular flexibility index (Phi) is 5.83. The van der Waals surface area contributed by atoms with Gasteiger partial charge in [0.05, 0.1) is 19.3 Å². The minimum Gasteiger partial charge on any atom is -0.469 e. The van der Waals surface area contributed by atoms with E-state index in [9.17, 15) is 9.90 Å². The molecule has 0 spiro atoms. The van der Waals surface area contributed by atoms with Crippen molar-refractivity contribution in [3.8, 4) is 0 Å². The number of hydrogen-bond acceptors (Lipinski definition) is 3. The molecule has 7 unspecified atom stereocenters. The molecule has 0 aliphatic heterocycles. The lowest BCUT2D eigenvalue weighted by Gasteiger charge is -2.62. The van der Waals surface area contributed by atoms with Gasteiger partial charge in [0.15, 0.2) is 0 Å². The fourth-order valence-electron chi connectivity index (χ4n) is 8.92. The van der Waals surface area contributed by atoms with Crippen LogP contribution in [0.3, 0.4) is 0 Å². The van der Waals surface area contributed by atoms with Crippen molar-refractivity contribution in [2.75, 3.05) is 7.11 Å². The van der Waals surface area contributed by atoms with Crippen LogP contribution in [-0.2, 0) is 9.53 Å². The average molecular weight is 407 g/mol. The third-order valence-corrected chi connectivity index (χ3v) is 10.7. The van der Waals surface area contributed by atoms with Crippen LogP contribution in [-0.4, -0.2) is 30.3 Å². The molecule has 10 atom stereocenters. The number of methoxy groups -OCH3 is 1. The largest absolute Gasteiger partial charge is 0.469 e. The summed E-state index contributed by atoms with van der Waals surface area (Å²) in [5.74, 6) is 3.81. The van der Waals surface area contributed by atoms with E-state index in [0.717, 1.165) is 24.7 Å². The van der Waals surface area contributed by atoms with E-state index in [-0.39, 0.29) is 17.5 Å². The van der Waals surface area contributed by atoms with Gasteiger partial charge in [-0.2, -0.15) is 0 Å². The molecule has 0 heterocycles. The smallest absolute Gasteiger partial charge is 0.305 e. The number of esters is 1. The van der Waals surface area contributed by atoms with Crippen molar-refractivity contribution < 1.29 is 20.4 Å². The maximum Gasteiger partial charge on any atom is 0.305 e. The first kappa shape index (κ1) is 21.6. The van der Waals surface area contributed by atoms with Crippen molar-refractivity contribution >= 4 is 5.97 Å². The number of aliphatic hydroxyl groups is 1. The summed E-state index contributed by atoms with van der Waals surface area (Å²) in [5.41, 5.74) is 4.81. The second kappa shape index (κ2) is 7.82. The third-order valence-electron chi connectivity index (χ3n) is 10.7. The highest BCUT2D eigenvalue weighted by molar-refractivity contribution is 5.69. The van der Waals surface area contributed by atoms with Gasteiger partial charge >= 0.3 is 5.97 Å². The van der Waals surface area contributed by atoms with Gasteiger partial charge in [-0.15, -0.1) is 0 Å². The fourth-order valence-corrected chi connectivity index (χ4v) is 8.92. The maximum absolute atomic E-state index is 11.7. The minimum absolute atomic E-state index is 0.0173. The van der Waals surface area contributed by atoms with Crippen LogP contribution in [0.1, 0.15) is 85.0 Å². The van der Waals surface area contributed by atoms with E-state index in [1.807, 2.05) is 0 Å². The van der Waals surface area contributed by atoms with Gasteiger partial charge in [0, 0.05) is 12.8 Å². The highest BCUT2D eigenvalue weighted by atomic mass is 16.5. The van der Waals surface area contributed by atoms with Crippen LogP contribution < -0.4 is 5.73 Å². The molecular formula is C25H44NO3+. The van der Waals surface area contributed by atoms with E-state index >= 15 is 0 Å². The van der Waals surface area contributed by atoms with Gasteiger partial charge in [0.25, 0.3) is 0 Å². The van der Waals surface area contributed by atoms with Crippen molar-refractivity contribution in [1.29, 1.82) is 0 Å². The second-order valence-corrected chi connectivity index (χ2v) is 11.7. The fraction of sp³-hybridized carbons (Fsp3) is 0.960. The summed E-state index contributed by atoms with van der Waals surface area (Å²) < 4.78 is 4.86. The summed E-state index contributed by atoms with van der Waals surface area (Å²) in [4.78, 5) is 11.7. The molecule has 4 heteroatoms. The van der Waals surface area contributed by atoms with E-state index in [2.05, 4.69) is 26.5 Å². The molecule has 0 bridgehead atoms. The Labute approximate surface area is 177 Å². The Bertz CT molecular complexity index is 623. The molecule has 0 aromatic heterocycles. The van der Waals surface area contributed by atoms with Crippen LogP contribution in [0.4, 0.5) is 0 Å². The average Bonchev–Trinajstić information content (AvgIpc) is 3.06. The molecule has 29 heavy (non-hydrogen) atoms. The molecular weight excluding hydrogens is 362 g/mol. The monoisotopic (exact) mass is 406 g/mol. The Morgan fingerprint density at radius 2 is 1.90 bits per heavy atom. The predicted octanol–water partition coefficient (Wildman–Crippen LogP) is 3.82. The third kappa shape index (κ3) is 3.37. The lowest BCUT2D eigenvalue weighted by Crippen LogP contribution is -2.66. The lowest BCUT2D eigenvalue weighted by atomic mass is 9.43. The van der Waals surface area contributed by atoms with Crippen LogP contribution >= 0.6 is 0 Å². The molecule has 0 saturated heterocycles. The SMILES string of the molecule is COC(=O)CCC(C)[C@H]1CCC2C3CCC4CC([NH3+])CC[C@]4(C)C3CC(O)[C@@]21C. The molecule has 4 saturated carbocycles. The van der Waals surface area contributed by atoms with E-state index in [4.69, 9.17) is 4.74 Å². The van der Waals surface area contributed by atoms with Gasteiger partial charge in [-0.1, -0.05) is 20.8 Å². The molecule has 0 radical (unpaired) electrons. The van der Waals surface area contributed by atoms with Crippen LogP contribution in [0, 0.1) is 46.3 Å². The molecule has 0 aromatic rings. The Morgan fingerprint density at radius 3 is 2.62 bits per heavy atom. The Morgan fingerprint density at radius 1 is 1.14 bits per heavy atom. The first-order chi connectivity index (χ1) is 13.7. The highest BCUT2D eigenvalue weighted by Gasteiger charge is 2.63. The summed E-state index contributed by atoms with van der Waals surface area (Å²) in [6, 6.07) is 0.634. The van der Waals surface area contributed by atoms with Gasteiger partial charge < -0.3 is 15.6 Å². The molecule has 4 rings (SSSR count). The Balaban J connectivity index is 1.53. The van der Waals surface area contributed by atoms with Crippen LogP contribution in [0.2, 0.25) is 0 Å². The number of rotatable bonds is 4. The van der Waals surface area contributed by atoms with Crippen LogP contribution in [0.15, 0.2) is 0 Å². The zero-order valence-electron chi connectivity index (χ0n) is 19.2. The van der Waals surface area contributed by atoms with E-state index < -0.39 is 0 Å². The van der Waals surface area contributed by atoms with Gasteiger partial charge in [-0.05, 0) is 97.7 Å². The van der Waals surface area contributed by atoms with Crippen molar-refractivity contribution in [1.82, 2.24) is 0 Å². The number of aliphatic hydroxyl groups excluding tert-OH is 1. The molecule has 4 aliphatic carbocycles. The van der Waals surface area contributed by atoms with Crippen LogP contribution in [0.5, 0.6) is 0 Å². The van der Waals surface area contributed by atoms with Gasteiger partial charge in [-0.3, -0.25) is 4.79 Å². The topological polar surface area (TPSA) is 74.2 Å². The lowest BCUT2D eigenvalue weighted by molar-refractivity contribution is -0.433.